The van der Waals surface area contributed by atoms with Gasteiger partial charge in [0.05, 0.1) is 16.8 Å². The molecular formula is C23H22N6O2S2. The molecule has 0 aliphatic rings. The van der Waals surface area contributed by atoms with Gasteiger partial charge < -0.3 is 10.3 Å². The summed E-state index contributed by atoms with van der Waals surface area (Å²) in [5, 5.41) is 18.2. The van der Waals surface area contributed by atoms with Crippen LogP contribution in [0.25, 0.3) is 21.3 Å². The molecule has 4 aromatic rings. The van der Waals surface area contributed by atoms with Crippen molar-refractivity contribution in [1.82, 2.24) is 19.7 Å². The number of thiophene rings is 1. The third kappa shape index (κ3) is 4.55. The monoisotopic (exact) mass is 478 g/mol. The molecule has 0 saturated heterocycles. The molecule has 0 saturated carbocycles. The maximum atomic E-state index is 12.9. The minimum absolute atomic E-state index is 0.238. The van der Waals surface area contributed by atoms with Gasteiger partial charge in [-0.25, -0.2) is 4.98 Å². The largest absolute Gasteiger partial charge is 0.309 e. The molecule has 10 heteroatoms. The van der Waals surface area contributed by atoms with Crippen molar-refractivity contribution in [2.75, 3.05) is 5.32 Å². The molecule has 2 N–H and O–H groups in total. The smallest absolute Gasteiger partial charge is 0.260 e. The Morgan fingerprint density at radius 1 is 1.27 bits per heavy atom. The molecule has 168 valence electrons. The van der Waals surface area contributed by atoms with Crippen LogP contribution in [0.4, 0.5) is 5.82 Å². The number of H-pyrrole nitrogens is 1. The summed E-state index contributed by atoms with van der Waals surface area (Å²) >= 11 is 2.55. The van der Waals surface area contributed by atoms with Crippen molar-refractivity contribution in [2.45, 2.75) is 37.1 Å². The second-order valence-electron chi connectivity index (χ2n) is 7.87. The van der Waals surface area contributed by atoms with Gasteiger partial charge in [-0.2, -0.15) is 10.4 Å². The standard InChI is InChI=1S/C23H22N6O2S2/c1-12(2)14-5-7-15(8-6-14)17-11-32-22-18(17)21(31)27-23(28-22)33-13(3)20(30)26-19-16(9-24)10-25-29(19)4/h5-8,10-13H,1-4H3,(H,26,30)(H,27,28,31). The molecule has 1 aromatic carbocycles. The first kappa shape index (κ1) is 22.8. The average molecular weight is 479 g/mol. The van der Waals surface area contributed by atoms with Crippen LogP contribution in [-0.2, 0) is 11.8 Å². The molecule has 1 amide bonds. The molecule has 0 bridgehead atoms. The van der Waals surface area contributed by atoms with E-state index in [1.165, 1.54) is 27.8 Å². The van der Waals surface area contributed by atoms with Crippen LogP contribution in [0.2, 0.25) is 0 Å². The average Bonchev–Trinajstić information content (AvgIpc) is 3.37. The topological polar surface area (TPSA) is 116 Å². The SMILES string of the molecule is CC(Sc1nc2scc(-c3ccc(C(C)C)cc3)c2c(=O)[nH]1)C(=O)Nc1c(C#N)cnn1C. The second-order valence-corrected chi connectivity index (χ2v) is 10.1. The van der Waals surface area contributed by atoms with Crippen LogP contribution in [0.5, 0.6) is 0 Å². The van der Waals surface area contributed by atoms with E-state index in [1.54, 1.807) is 14.0 Å². The van der Waals surface area contributed by atoms with Crippen molar-refractivity contribution in [3.05, 3.63) is 57.3 Å². The molecule has 0 aliphatic heterocycles. The van der Waals surface area contributed by atoms with Crippen LogP contribution in [0, 0.1) is 11.3 Å². The van der Waals surface area contributed by atoms with E-state index in [9.17, 15) is 9.59 Å². The Morgan fingerprint density at radius 2 is 2.00 bits per heavy atom. The van der Waals surface area contributed by atoms with E-state index in [0.717, 1.165) is 22.9 Å². The quantitative estimate of drug-likeness (QED) is 0.311. The number of carbonyl (C=O) groups is 1. The number of aryl methyl sites for hydroxylation is 1. The Kier molecular flexibility index (Phi) is 6.35. The van der Waals surface area contributed by atoms with Crippen LogP contribution in [0.3, 0.4) is 0 Å². The summed E-state index contributed by atoms with van der Waals surface area (Å²) in [4.78, 5) is 33.6. The second kappa shape index (κ2) is 9.21. The number of nitriles is 1. The molecule has 33 heavy (non-hydrogen) atoms. The number of rotatable bonds is 6. The van der Waals surface area contributed by atoms with Gasteiger partial charge in [-0.3, -0.25) is 14.3 Å². The molecular weight excluding hydrogens is 456 g/mol. The number of nitrogens with zero attached hydrogens (tertiary/aromatic N) is 4. The number of benzene rings is 1. The molecule has 3 aromatic heterocycles. The summed E-state index contributed by atoms with van der Waals surface area (Å²) in [5.74, 6) is 0.449. The van der Waals surface area contributed by atoms with Gasteiger partial charge in [-0.15, -0.1) is 11.3 Å². The number of aromatic nitrogens is 4. The predicted molar refractivity (Wildman–Crippen MR) is 132 cm³/mol. The molecule has 0 aliphatic carbocycles. The summed E-state index contributed by atoms with van der Waals surface area (Å²) in [6.07, 6.45) is 1.39. The number of anilines is 1. The molecule has 1 atom stereocenters. The van der Waals surface area contributed by atoms with Crippen molar-refractivity contribution < 1.29 is 4.79 Å². The third-order valence-electron chi connectivity index (χ3n) is 5.27. The van der Waals surface area contributed by atoms with Gasteiger partial charge in [-0.05, 0) is 24.0 Å². The molecule has 0 radical (unpaired) electrons. The molecule has 8 nitrogen and oxygen atoms in total. The Morgan fingerprint density at radius 3 is 2.67 bits per heavy atom. The summed E-state index contributed by atoms with van der Waals surface area (Å²) in [6.45, 7) is 6.00. The van der Waals surface area contributed by atoms with Crippen LogP contribution >= 0.6 is 23.1 Å². The Labute approximate surface area is 198 Å². The zero-order valence-corrected chi connectivity index (χ0v) is 20.2. The summed E-state index contributed by atoms with van der Waals surface area (Å²) in [7, 11) is 1.64. The normalized spacial score (nSPS) is 12.1. The van der Waals surface area contributed by atoms with Crippen molar-refractivity contribution in [3.63, 3.8) is 0 Å². The van der Waals surface area contributed by atoms with E-state index in [0.29, 0.717) is 27.1 Å². The van der Waals surface area contributed by atoms with Gasteiger partial charge in [0.1, 0.15) is 22.3 Å². The Balaban J connectivity index is 1.56. The fourth-order valence-corrected chi connectivity index (χ4v) is 5.15. The molecule has 3 heterocycles. The first-order valence-corrected chi connectivity index (χ1v) is 12.1. The summed E-state index contributed by atoms with van der Waals surface area (Å²) in [5.41, 5.74) is 3.10. The lowest BCUT2D eigenvalue weighted by molar-refractivity contribution is -0.115. The number of thioether (sulfide) groups is 1. The van der Waals surface area contributed by atoms with E-state index in [-0.39, 0.29) is 17.0 Å². The highest BCUT2D eigenvalue weighted by Crippen LogP contribution is 2.33. The fraction of sp³-hybridized carbons (Fsp3) is 0.261. The highest BCUT2D eigenvalue weighted by molar-refractivity contribution is 8.00. The van der Waals surface area contributed by atoms with Crippen LogP contribution in [0.15, 0.2) is 45.8 Å². The number of nitrogens with one attached hydrogen (secondary N) is 2. The minimum Gasteiger partial charge on any atom is -0.309 e. The zero-order chi connectivity index (χ0) is 23.7. The number of hydrogen-bond acceptors (Lipinski definition) is 7. The first-order valence-electron chi connectivity index (χ1n) is 10.3. The van der Waals surface area contributed by atoms with Crippen molar-refractivity contribution in [3.8, 4) is 17.2 Å². The number of amides is 1. The maximum Gasteiger partial charge on any atom is 0.260 e. The number of hydrogen-bond donors (Lipinski definition) is 2. The van der Waals surface area contributed by atoms with Crippen LogP contribution < -0.4 is 10.9 Å². The fourth-order valence-electron chi connectivity index (χ4n) is 3.35. The highest BCUT2D eigenvalue weighted by Gasteiger charge is 2.21. The predicted octanol–water partition coefficient (Wildman–Crippen LogP) is 4.50. The third-order valence-corrected chi connectivity index (χ3v) is 7.13. The molecule has 0 spiro atoms. The van der Waals surface area contributed by atoms with Crippen LogP contribution in [0.1, 0.15) is 37.8 Å². The van der Waals surface area contributed by atoms with Gasteiger partial charge in [0, 0.05) is 18.0 Å². The van der Waals surface area contributed by atoms with Gasteiger partial charge in [0.2, 0.25) is 5.91 Å². The van der Waals surface area contributed by atoms with E-state index < -0.39 is 5.25 Å². The Hall–Kier alpha value is -3.42. The van der Waals surface area contributed by atoms with Gasteiger partial charge in [-0.1, -0.05) is 49.9 Å². The molecule has 1 unspecified atom stereocenters. The van der Waals surface area contributed by atoms with E-state index in [2.05, 4.69) is 46.4 Å². The summed E-state index contributed by atoms with van der Waals surface area (Å²) in [6, 6.07) is 10.2. The lowest BCUT2D eigenvalue weighted by Crippen LogP contribution is -2.25. The molecule has 4 rings (SSSR count). The number of carbonyl (C=O) groups excluding carboxylic acids is 1. The van der Waals surface area contributed by atoms with E-state index >= 15 is 0 Å². The van der Waals surface area contributed by atoms with Crippen molar-refractivity contribution in [2.24, 2.45) is 7.05 Å². The van der Waals surface area contributed by atoms with Gasteiger partial charge in [0.25, 0.3) is 5.56 Å². The van der Waals surface area contributed by atoms with Crippen LogP contribution in [-0.4, -0.2) is 30.9 Å². The highest BCUT2D eigenvalue weighted by atomic mass is 32.2. The minimum atomic E-state index is -0.560. The maximum absolute atomic E-state index is 12.9. The number of fused-ring (bicyclic) bond motifs is 1. The van der Waals surface area contributed by atoms with Crippen molar-refractivity contribution >= 4 is 45.0 Å². The Bertz CT molecular complexity index is 1430. The first-order chi connectivity index (χ1) is 15.8. The van der Waals surface area contributed by atoms with Gasteiger partial charge in [0.15, 0.2) is 5.16 Å². The lowest BCUT2D eigenvalue weighted by atomic mass is 9.99. The van der Waals surface area contributed by atoms with Crippen molar-refractivity contribution in [1.29, 1.82) is 5.26 Å². The molecule has 0 fully saturated rings. The lowest BCUT2D eigenvalue weighted by Gasteiger charge is -2.12. The van der Waals surface area contributed by atoms with E-state index in [1.807, 2.05) is 23.6 Å². The van der Waals surface area contributed by atoms with Gasteiger partial charge >= 0.3 is 0 Å². The summed E-state index contributed by atoms with van der Waals surface area (Å²) < 4.78 is 1.43. The zero-order valence-electron chi connectivity index (χ0n) is 18.5. The number of aromatic amines is 1. The van der Waals surface area contributed by atoms with E-state index in [4.69, 9.17) is 5.26 Å².